The van der Waals surface area contributed by atoms with E-state index in [1.807, 2.05) is 24.3 Å². The first-order chi connectivity index (χ1) is 10.2. The Balaban J connectivity index is 1.65. The minimum Gasteiger partial charge on any atom is -0.441 e. The number of thiophene rings is 1. The zero-order valence-electron chi connectivity index (χ0n) is 11.6. The molecule has 1 N–H and O–H groups in total. The molecule has 21 heavy (non-hydrogen) atoms. The predicted octanol–water partition coefficient (Wildman–Crippen LogP) is 5.29. The van der Waals surface area contributed by atoms with Crippen LogP contribution in [0.4, 0.5) is 5.69 Å². The van der Waals surface area contributed by atoms with Crippen molar-refractivity contribution in [1.82, 2.24) is 4.98 Å². The molecule has 1 atom stereocenters. The topological polar surface area (TPSA) is 38.1 Å². The second kappa shape index (κ2) is 5.28. The van der Waals surface area contributed by atoms with Crippen LogP contribution in [0.15, 0.2) is 28.7 Å². The average molecular weight is 410 g/mol. The van der Waals surface area contributed by atoms with Crippen LogP contribution in [-0.4, -0.2) is 4.98 Å². The van der Waals surface area contributed by atoms with Crippen molar-refractivity contribution in [3.8, 4) is 0 Å². The minimum atomic E-state index is 0.416. The third kappa shape index (κ3) is 2.57. The van der Waals surface area contributed by atoms with Gasteiger partial charge < -0.3 is 9.73 Å². The first kappa shape index (κ1) is 13.6. The second-order valence-electron chi connectivity index (χ2n) is 5.43. The molecule has 1 unspecified atom stereocenters. The van der Waals surface area contributed by atoms with E-state index in [1.54, 1.807) is 4.88 Å². The lowest BCUT2D eigenvalue weighted by atomic mass is 9.94. The summed E-state index contributed by atoms with van der Waals surface area (Å²) in [6.07, 6.45) is 3.67. The van der Waals surface area contributed by atoms with Gasteiger partial charge in [-0.25, -0.2) is 4.98 Å². The Labute approximate surface area is 140 Å². The van der Waals surface area contributed by atoms with E-state index in [1.165, 1.54) is 27.7 Å². The van der Waals surface area contributed by atoms with Crippen molar-refractivity contribution in [3.05, 3.63) is 43.5 Å². The molecular formula is C16H15IN2OS. The van der Waals surface area contributed by atoms with E-state index in [9.17, 15) is 0 Å². The van der Waals surface area contributed by atoms with E-state index in [-0.39, 0.29) is 0 Å². The molecule has 5 heteroatoms. The highest BCUT2D eigenvalue weighted by molar-refractivity contribution is 14.1. The average Bonchev–Trinajstić information content (AvgIpc) is 2.99. The standard InChI is InChI=1S/C16H15IN2OS/c1-9-18-13-7-10(5-6-14(13)20-9)19-12-3-2-4-15-11(12)8-16(17)21-15/h5-8,12,19H,2-4H2,1H3. The van der Waals surface area contributed by atoms with E-state index in [2.05, 4.69) is 51.1 Å². The Morgan fingerprint density at radius 3 is 3.19 bits per heavy atom. The van der Waals surface area contributed by atoms with Gasteiger partial charge in [0.25, 0.3) is 0 Å². The first-order valence-corrected chi connectivity index (χ1v) is 9.00. The number of hydrogen-bond donors (Lipinski definition) is 1. The van der Waals surface area contributed by atoms with Crippen molar-refractivity contribution in [1.29, 1.82) is 0 Å². The molecule has 0 radical (unpaired) electrons. The summed E-state index contributed by atoms with van der Waals surface area (Å²) < 4.78 is 6.92. The highest BCUT2D eigenvalue weighted by Gasteiger charge is 2.22. The molecule has 4 rings (SSSR count). The molecule has 2 aromatic heterocycles. The summed E-state index contributed by atoms with van der Waals surface area (Å²) in [6.45, 7) is 1.88. The lowest BCUT2D eigenvalue weighted by molar-refractivity contribution is 0.561. The Bertz CT molecular complexity index is 808. The van der Waals surface area contributed by atoms with Crippen LogP contribution in [0.1, 0.15) is 35.2 Å². The normalized spacial score (nSPS) is 17.9. The van der Waals surface area contributed by atoms with Gasteiger partial charge in [-0.1, -0.05) is 0 Å². The third-order valence-corrected chi connectivity index (χ3v) is 5.89. The molecular weight excluding hydrogens is 395 g/mol. The number of halogens is 1. The van der Waals surface area contributed by atoms with Crippen LogP contribution >= 0.6 is 33.9 Å². The van der Waals surface area contributed by atoms with Gasteiger partial charge >= 0.3 is 0 Å². The molecule has 0 saturated heterocycles. The Kier molecular flexibility index (Phi) is 3.41. The van der Waals surface area contributed by atoms with Crippen LogP contribution < -0.4 is 5.32 Å². The zero-order valence-corrected chi connectivity index (χ0v) is 14.6. The molecule has 3 aromatic rings. The monoisotopic (exact) mass is 410 g/mol. The second-order valence-corrected chi connectivity index (χ2v) is 8.46. The van der Waals surface area contributed by atoms with Crippen LogP contribution in [0.3, 0.4) is 0 Å². The van der Waals surface area contributed by atoms with Gasteiger partial charge in [-0.05, 0) is 71.7 Å². The number of nitrogens with one attached hydrogen (secondary N) is 1. The quantitative estimate of drug-likeness (QED) is 0.584. The van der Waals surface area contributed by atoms with Crippen molar-refractivity contribution in [2.75, 3.05) is 5.32 Å². The summed E-state index contributed by atoms with van der Waals surface area (Å²) in [7, 11) is 0. The number of benzene rings is 1. The summed E-state index contributed by atoms with van der Waals surface area (Å²) in [5, 5.41) is 3.67. The predicted molar refractivity (Wildman–Crippen MR) is 95.1 cm³/mol. The molecule has 1 aliphatic rings. The number of aryl methyl sites for hydroxylation is 2. The Morgan fingerprint density at radius 2 is 2.29 bits per heavy atom. The molecule has 1 aliphatic carbocycles. The van der Waals surface area contributed by atoms with E-state index >= 15 is 0 Å². The minimum absolute atomic E-state index is 0.416. The Morgan fingerprint density at radius 1 is 1.38 bits per heavy atom. The summed E-state index contributed by atoms with van der Waals surface area (Å²) >= 11 is 4.35. The van der Waals surface area contributed by atoms with Crippen LogP contribution in [0.5, 0.6) is 0 Å². The SMILES string of the molecule is Cc1nc2cc(NC3CCCc4sc(I)cc43)ccc2o1. The maximum absolute atomic E-state index is 5.53. The van der Waals surface area contributed by atoms with Crippen molar-refractivity contribution in [3.63, 3.8) is 0 Å². The molecule has 3 nitrogen and oxygen atoms in total. The van der Waals surface area contributed by atoms with Crippen LogP contribution in [0.25, 0.3) is 11.1 Å². The van der Waals surface area contributed by atoms with E-state index < -0.39 is 0 Å². The fourth-order valence-electron chi connectivity index (χ4n) is 3.00. The number of fused-ring (bicyclic) bond motifs is 2. The highest BCUT2D eigenvalue weighted by atomic mass is 127. The number of rotatable bonds is 2. The summed E-state index contributed by atoms with van der Waals surface area (Å²) in [5.74, 6) is 0.717. The number of aromatic nitrogens is 1. The maximum atomic E-state index is 5.53. The van der Waals surface area contributed by atoms with Gasteiger partial charge in [0.05, 0.1) is 8.93 Å². The van der Waals surface area contributed by atoms with Crippen LogP contribution in [0, 0.1) is 9.81 Å². The van der Waals surface area contributed by atoms with Gasteiger partial charge in [0.15, 0.2) is 11.5 Å². The lowest BCUT2D eigenvalue weighted by Gasteiger charge is -2.24. The largest absolute Gasteiger partial charge is 0.441 e. The Hall–Kier alpha value is -1.08. The van der Waals surface area contributed by atoms with Gasteiger partial charge in [-0.3, -0.25) is 0 Å². The number of anilines is 1. The molecule has 0 aliphatic heterocycles. The lowest BCUT2D eigenvalue weighted by Crippen LogP contribution is -2.15. The number of oxazole rings is 1. The van der Waals surface area contributed by atoms with Gasteiger partial charge in [0.1, 0.15) is 5.52 Å². The van der Waals surface area contributed by atoms with E-state index in [0.29, 0.717) is 6.04 Å². The molecule has 0 spiro atoms. The van der Waals surface area contributed by atoms with Gasteiger partial charge in [0.2, 0.25) is 0 Å². The summed E-state index contributed by atoms with van der Waals surface area (Å²) in [5.41, 5.74) is 4.38. The number of hydrogen-bond acceptors (Lipinski definition) is 4. The first-order valence-electron chi connectivity index (χ1n) is 7.11. The molecule has 1 aromatic carbocycles. The maximum Gasteiger partial charge on any atom is 0.192 e. The van der Waals surface area contributed by atoms with Crippen LogP contribution in [-0.2, 0) is 6.42 Å². The fraction of sp³-hybridized carbons (Fsp3) is 0.312. The summed E-state index contributed by atoms with van der Waals surface area (Å²) in [4.78, 5) is 5.95. The van der Waals surface area contributed by atoms with Crippen molar-refractivity contribution >= 4 is 50.7 Å². The third-order valence-electron chi connectivity index (χ3n) is 3.92. The summed E-state index contributed by atoms with van der Waals surface area (Å²) in [6, 6.07) is 8.91. The smallest absolute Gasteiger partial charge is 0.192 e. The fourth-order valence-corrected chi connectivity index (χ4v) is 5.12. The molecule has 0 fully saturated rings. The molecule has 2 heterocycles. The zero-order chi connectivity index (χ0) is 14.4. The van der Waals surface area contributed by atoms with E-state index in [4.69, 9.17) is 4.42 Å². The van der Waals surface area contributed by atoms with Gasteiger partial charge in [0, 0.05) is 17.5 Å². The molecule has 108 valence electrons. The van der Waals surface area contributed by atoms with Crippen LogP contribution in [0.2, 0.25) is 0 Å². The molecule has 0 amide bonds. The molecule has 0 bridgehead atoms. The van der Waals surface area contributed by atoms with Crippen molar-refractivity contribution < 1.29 is 4.42 Å². The van der Waals surface area contributed by atoms with Gasteiger partial charge in [-0.2, -0.15) is 0 Å². The highest BCUT2D eigenvalue weighted by Crippen LogP contribution is 2.38. The van der Waals surface area contributed by atoms with Gasteiger partial charge in [-0.15, -0.1) is 11.3 Å². The molecule has 0 saturated carbocycles. The number of nitrogens with zero attached hydrogens (tertiary/aromatic N) is 1. The van der Waals surface area contributed by atoms with Crippen molar-refractivity contribution in [2.45, 2.75) is 32.2 Å². The van der Waals surface area contributed by atoms with E-state index in [0.717, 1.165) is 22.7 Å². The van der Waals surface area contributed by atoms with Crippen molar-refractivity contribution in [2.24, 2.45) is 0 Å².